The van der Waals surface area contributed by atoms with Crippen LogP contribution < -0.4 is 0 Å². The van der Waals surface area contributed by atoms with Gasteiger partial charge in [0.2, 0.25) is 0 Å². The van der Waals surface area contributed by atoms with Crippen molar-refractivity contribution in [2.45, 2.75) is 52.6 Å². The highest BCUT2D eigenvalue weighted by Gasteiger charge is 2.60. The van der Waals surface area contributed by atoms with Crippen molar-refractivity contribution in [3.05, 3.63) is 0 Å². The van der Waals surface area contributed by atoms with Crippen molar-refractivity contribution in [3.8, 4) is 0 Å². The maximum absolute atomic E-state index is 12.2. The molecule has 0 spiro atoms. The van der Waals surface area contributed by atoms with Gasteiger partial charge < -0.3 is 4.74 Å². The molecule has 0 aliphatic heterocycles. The Balaban J connectivity index is 5.03. The van der Waals surface area contributed by atoms with E-state index in [9.17, 15) is 31.1 Å². The molecule has 19 heavy (non-hydrogen) atoms. The number of hydrogen-bond acceptors (Lipinski definition) is 2. The molecule has 0 saturated carbocycles. The molecule has 0 atom stereocenters. The zero-order chi connectivity index (χ0) is 15.6. The van der Waals surface area contributed by atoms with Crippen molar-refractivity contribution in [1.29, 1.82) is 0 Å². The van der Waals surface area contributed by atoms with Crippen molar-refractivity contribution in [2.24, 2.45) is 11.3 Å². The maximum Gasteiger partial charge on any atom is 0.434 e. The number of rotatable bonds is 4. The molecule has 0 aromatic rings. The van der Waals surface area contributed by atoms with E-state index in [1.165, 1.54) is 13.8 Å². The van der Waals surface area contributed by atoms with Crippen LogP contribution in [0.5, 0.6) is 0 Å². The molecule has 0 aliphatic rings. The summed E-state index contributed by atoms with van der Waals surface area (Å²) in [7, 11) is 0. The summed E-state index contributed by atoms with van der Waals surface area (Å²) in [5.41, 5.74) is -1.41. The molecule has 0 rings (SSSR count). The zero-order valence-corrected chi connectivity index (χ0v) is 10.9. The average Bonchev–Trinajstić information content (AvgIpc) is 2.07. The minimum absolute atomic E-state index is 0.0715. The minimum atomic E-state index is -5.68. The molecule has 8 heteroatoms. The van der Waals surface area contributed by atoms with Crippen LogP contribution in [0.1, 0.15) is 34.1 Å². The van der Waals surface area contributed by atoms with Crippen molar-refractivity contribution >= 4 is 5.97 Å². The molecule has 0 aromatic carbocycles. The maximum atomic E-state index is 12.2. The Morgan fingerprint density at radius 1 is 1.00 bits per heavy atom. The summed E-state index contributed by atoms with van der Waals surface area (Å²) in [6.07, 6.45) is -15.3. The minimum Gasteiger partial charge on any atom is -0.442 e. The first kappa shape index (κ1) is 18.0. The van der Waals surface area contributed by atoms with E-state index >= 15 is 0 Å². The number of alkyl halides is 6. The van der Waals surface area contributed by atoms with Gasteiger partial charge in [0, 0.05) is 0 Å². The van der Waals surface area contributed by atoms with Gasteiger partial charge in [-0.05, 0) is 26.2 Å². The normalized spacial score (nSPS) is 14.1. The summed E-state index contributed by atoms with van der Waals surface area (Å²) in [6.45, 7) is 5.89. The van der Waals surface area contributed by atoms with Gasteiger partial charge in [0.25, 0.3) is 6.10 Å². The molecule has 0 amide bonds. The number of carbonyl (C=O) groups excluding carboxylic acids is 1. The van der Waals surface area contributed by atoms with Crippen LogP contribution in [-0.4, -0.2) is 24.4 Å². The fourth-order valence-corrected chi connectivity index (χ4v) is 1.69. The third-order valence-electron chi connectivity index (χ3n) is 2.29. The van der Waals surface area contributed by atoms with Crippen LogP contribution in [0, 0.1) is 11.3 Å². The lowest BCUT2D eigenvalue weighted by atomic mass is 9.84. The van der Waals surface area contributed by atoms with E-state index in [-0.39, 0.29) is 12.3 Å². The predicted octanol–water partition coefficient (Wildman–Crippen LogP) is 4.10. The lowest BCUT2D eigenvalue weighted by molar-refractivity contribution is -0.315. The molecule has 0 saturated heterocycles. The molecule has 0 heterocycles. The summed E-state index contributed by atoms with van der Waals surface area (Å²) in [4.78, 5) is 11.5. The van der Waals surface area contributed by atoms with Crippen LogP contribution in [0.4, 0.5) is 26.3 Å². The van der Waals surface area contributed by atoms with Crippen LogP contribution in [0.2, 0.25) is 0 Å². The van der Waals surface area contributed by atoms with Gasteiger partial charge in [-0.15, -0.1) is 0 Å². The highest BCUT2D eigenvalue weighted by atomic mass is 19.4. The van der Waals surface area contributed by atoms with Gasteiger partial charge in [0.05, 0.1) is 5.41 Å². The highest BCUT2D eigenvalue weighted by Crippen LogP contribution is 2.38. The van der Waals surface area contributed by atoms with Gasteiger partial charge in [0.15, 0.2) is 0 Å². The topological polar surface area (TPSA) is 26.3 Å². The van der Waals surface area contributed by atoms with Crippen LogP contribution in [-0.2, 0) is 9.53 Å². The van der Waals surface area contributed by atoms with E-state index in [0.717, 1.165) is 0 Å². The molecule has 0 aromatic heterocycles. The smallest absolute Gasteiger partial charge is 0.434 e. The SMILES string of the molecule is CC(C)CC(C)(C)C(=O)OC(C(F)(F)F)C(F)(F)F. The van der Waals surface area contributed by atoms with Crippen LogP contribution in [0.3, 0.4) is 0 Å². The van der Waals surface area contributed by atoms with E-state index < -0.39 is 29.8 Å². The lowest BCUT2D eigenvalue weighted by Gasteiger charge is -2.29. The summed E-state index contributed by atoms with van der Waals surface area (Å²) >= 11 is 0. The molecular weight excluding hydrogens is 278 g/mol. The first-order chi connectivity index (χ1) is 8.18. The quantitative estimate of drug-likeness (QED) is 0.576. The summed E-state index contributed by atoms with van der Waals surface area (Å²) in [6, 6.07) is 0. The lowest BCUT2D eigenvalue weighted by Crippen LogP contribution is -2.47. The van der Waals surface area contributed by atoms with Gasteiger partial charge in [-0.1, -0.05) is 13.8 Å². The van der Waals surface area contributed by atoms with Gasteiger partial charge in [-0.3, -0.25) is 4.79 Å². The first-order valence-corrected chi connectivity index (χ1v) is 5.52. The summed E-state index contributed by atoms with van der Waals surface area (Å²) < 4.78 is 77.0. The zero-order valence-electron chi connectivity index (χ0n) is 10.9. The molecule has 0 N–H and O–H groups in total. The Hall–Kier alpha value is -0.950. The molecule has 114 valence electrons. The van der Waals surface area contributed by atoms with Gasteiger partial charge >= 0.3 is 18.3 Å². The van der Waals surface area contributed by atoms with E-state index in [1.54, 1.807) is 13.8 Å². The second-order valence-electron chi connectivity index (χ2n) is 5.35. The molecular formula is C11H16F6O2. The molecule has 0 unspecified atom stereocenters. The third-order valence-corrected chi connectivity index (χ3v) is 2.29. The van der Waals surface area contributed by atoms with Crippen molar-refractivity contribution < 1.29 is 35.9 Å². The molecule has 0 radical (unpaired) electrons. The Labute approximate surface area is 107 Å². The van der Waals surface area contributed by atoms with E-state index in [0.29, 0.717) is 0 Å². The van der Waals surface area contributed by atoms with Crippen LogP contribution >= 0.6 is 0 Å². The fourth-order valence-electron chi connectivity index (χ4n) is 1.69. The van der Waals surface area contributed by atoms with Crippen LogP contribution in [0.15, 0.2) is 0 Å². The molecule has 0 aliphatic carbocycles. The van der Waals surface area contributed by atoms with Gasteiger partial charge in [-0.2, -0.15) is 26.3 Å². The molecule has 2 nitrogen and oxygen atoms in total. The van der Waals surface area contributed by atoms with Gasteiger partial charge in [0.1, 0.15) is 0 Å². The Morgan fingerprint density at radius 3 is 1.63 bits per heavy atom. The highest BCUT2D eigenvalue weighted by molar-refractivity contribution is 5.76. The Morgan fingerprint density at radius 2 is 1.37 bits per heavy atom. The Kier molecular flexibility index (Phi) is 5.30. The second-order valence-corrected chi connectivity index (χ2v) is 5.35. The van der Waals surface area contributed by atoms with Crippen molar-refractivity contribution in [1.82, 2.24) is 0 Å². The van der Waals surface area contributed by atoms with Crippen molar-refractivity contribution in [3.63, 3.8) is 0 Å². The monoisotopic (exact) mass is 294 g/mol. The number of hydrogen-bond donors (Lipinski definition) is 0. The standard InChI is InChI=1S/C11H16F6O2/c1-6(2)5-9(3,4)8(18)19-7(10(12,13)14)11(15,16)17/h6-7H,5H2,1-4H3. The number of esters is 1. The summed E-state index contributed by atoms with van der Waals surface area (Å²) in [5.74, 6) is -1.58. The third kappa shape index (κ3) is 5.69. The summed E-state index contributed by atoms with van der Waals surface area (Å²) in [5, 5.41) is 0. The van der Waals surface area contributed by atoms with E-state index in [1.807, 2.05) is 0 Å². The predicted molar refractivity (Wildman–Crippen MR) is 55.2 cm³/mol. The number of carbonyl (C=O) groups is 1. The largest absolute Gasteiger partial charge is 0.442 e. The van der Waals surface area contributed by atoms with Gasteiger partial charge in [-0.25, -0.2) is 0 Å². The van der Waals surface area contributed by atoms with E-state index in [2.05, 4.69) is 4.74 Å². The Bertz CT molecular complexity index is 302. The molecule has 0 bridgehead atoms. The fraction of sp³-hybridized carbons (Fsp3) is 0.909. The van der Waals surface area contributed by atoms with Crippen molar-refractivity contribution in [2.75, 3.05) is 0 Å². The van der Waals surface area contributed by atoms with Crippen LogP contribution in [0.25, 0.3) is 0 Å². The molecule has 0 fully saturated rings. The second kappa shape index (κ2) is 5.58. The first-order valence-electron chi connectivity index (χ1n) is 5.52. The number of halogens is 6. The number of ether oxygens (including phenoxy) is 1. The average molecular weight is 294 g/mol. The van der Waals surface area contributed by atoms with E-state index in [4.69, 9.17) is 0 Å².